The SMILES string of the molecule is COc1ccc(CCC(=O)CCCC(=O)OC(C)(C)C)c(OC)c1. The van der Waals surface area contributed by atoms with E-state index in [-0.39, 0.29) is 18.2 Å². The van der Waals surface area contributed by atoms with Crippen molar-refractivity contribution >= 4 is 11.8 Å². The van der Waals surface area contributed by atoms with Gasteiger partial charge >= 0.3 is 5.97 Å². The maximum absolute atomic E-state index is 12.0. The number of esters is 1. The molecule has 0 aliphatic rings. The maximum Gasteiger partial charge on any atom is 0.306 e. The number of rotatable bonds is 9. The summed E-state index contributed by atoms with van der Waals surface area (Å²) in [7, 11) is 3.20. The predicted octanol–water partition coefficient (Wildman–Crippen LogP) is 3.72. The highest BCUT2D eigenvalue weighted by atomic mass is 16.6. The zero-order chi connectivity index (χ0) is 18.2. The third-order valence-electron chi connectivity index (χ3n) is 3.42. The Morgan fingerprint density at radius 1 is 1.00 bits per heavy atom. The summed E-state index contributed by atoms with van der Waals surface area (Å²) in [6, 6.07) is 5.57. The van der Waals surface area contributed by atoms with Crippen LogP contribution in [-0.4, -0.2) is 31.6 Å². The van der Waals surface area contributed by atoms with Crippen molar-refractivity contribution in [2.45, 2.75) is 58.5 Å². The molecule has 5 heteroatoms. The Morgan fingerprint density at radius 3 is 2.29 bits per heavy atom. The Morgan fingerprint density at radius 2 is 1.71 bits per heavy atom. The monoisotopic (exact) mass is 336 g/mol. The Bertz CT molecular complexity index is 557. The van der Waals surface area contributed by atoms with Crippen molar-refractivity contribution in [3.8, 4) is 11.5 Å². The number of ketones is 1. The van der Waals surface area contributed by atoms with E-state index < -0.39 is 5.60 Å². The summed E-state index contributed by atoms with van der Waals surface area (Å²) in [4.78, 5) is 23.6. The van der Waals surface area contributed by atoms with Crippen molar-refractivity contribution in [1.29, 1.82) is 0 Å². The number of carbonyl (C=O) groups is 2. The molecule has 1 aromatic rings. The van der Waals surface area contributed by atoms with Gasteiger partial charge in [-0.1, -0.05) is 6.07 Å². The molecule has 0 fully saturated rings. The highest BCUT2D eigenvalue weighted by molar-refractivity contribution is 5.79. The molecular weight excluding hydrogens is 308 g/mol. The summed E-state index contributed by atoms with van der Waals surface area (Å²) in [6.07, 6.45) is 2.22. The maximum atomic E-state index is 12.0. The van der Waals surface area contributed by atoms with Gasteiger partial charge in [-0.2, -0.15) is 0 Å². The molecule has 1 rings (SSSR count). The Balaban J connectivity index is 2.38. The molecule has 0 N–H and O–H groups in total. The predicted molar refractivity (Wildman–Crippen MR) is 92.6 cm³/mol. The number of benzene rings is 1. The lowest BCUT2D eigenvalue weighted by molar-refractivity contribution is -0.154. The van der Waals surface area contributed by atoms with Crippen LogP contribution in [0, 0.1) is 0 Å². The second-order valence-electron chi connectivity index (χ2n) is 6.66. The topological polar surface area (TPSA) is 61.8 Å². The van der Waals surface area contributed by atoms with Gasteiger partial charge in [-0.25, -0.2) is 0 Å². The second kappa shape index (κ2) is 9.30. The summed E-state index contributed by atoms with van der Waals surface area (Å²) >= 11 is 0. The minimum atomic E-state index is -0.480. The molecule has 5 nitrogen and oxygen atoms in total. The normalized spacial score (nSPS) is 11.0. The van der Waals surface area contributed by atoms with Gasteiger partial charge < -0.3 is 14.2 Å². The zero-order valence-electron chi connectivity index (χ0n) is 15.3. The van der Waals surface area contributed by atoms with Crippen LogP contribution in [-0.2, 0) is 20.7 Å². The molecule has 0 atom stereocenters. The van der Waals surface area contributed by atoms with E-state index in [9.17, 15) is 9.59 Å². The molecule has 0 aliphatic carbocycles. The molecule has 0 saturated heterocycles. The largest absolute Gasteiger partial charge is 0.497 e. The van der Waals surface area contributed by atoms with Crippen molar-refractivity contribution in [1.82, 2.24) is 0 Å². The summed E-state index contributed by atoms with van der Waals surface area (Å²) in [5, 5.41) is 0. The second-order valence-corrected chi connectivity index (χ2v) is 6.66. The van der Waals surface area contributed by atoms with Crippen LogP contribution in [0.4, 0.5) is 0 Å². The smallest absolute Gasteiger partial charge is 0.306 e. The van der Waals surface area contributed by atoms with Crippen molar-refractivity contribution < 1.29 is 23.8 Å². The number of hydrogen-bond donors (Lipinski definition) is 0. The van der Waals surface area contributed by atoms with Gasteiger partial charge in [0.25, 0.3) is 0 Å². The van der Waals surface area contributed by atoms with Crippen molar-refractivity contribution in [3.63, 3.8) is 0 Å². The molecule has 1 aromatic carbocycles. The van der Waals surface area contributed by atoms with Gasteiger partial charge in [0.05, 0.1) is 14.2 Å². The van der Waals surface area contributed by atoms with Crippen LogP contribution < -0.4 is 9.47 Å². The van der Waals surface area contributed by atoms with E-state index in [1.54, 1.807) is 14.2 Å². The van der Waals surface area contributed by atoms with Crippen LogP contribution >= 0.6 is 0 Å². The van der Waals surface area contributed by atoms with Crippen LogP contribution in [0.25, 0.3) is 0 Å². The van der Waals surface area contributed by atoms with Gasteiger partial charge in [0.1, 0.15) is 22.9 Å². The van der Waals surface area contributed by atoms with E-state index in [0.717, 1.165) is 17.1 Å². The minimum Gasteiger partial charge on any atom is -0.497 e. The average Bonchev–Trinajstić information content (AvgIpc) is 2.50. The summed E-state index contributed by atoms with van der Waals surface area (Å²) in [5.74, 6) is 1.32. The van der Waals surface area contributed by atoms with Crippen LogP contribution in [0.1, 0.15) is 52.0 Å². The number of methoxy groups -OCH3 is 2. The van der Waals surface area contributed by atoms with E-state index in [2.05, 4.69) is 0 Å². The number of carbonyl (C=O) groups excluding carboxylic acids is 2. The number of aryl methyl sites for hydroxylation is 1. The van der Waals surface area contributed by atoms with E-state index in [0.29, 0.717) is 25.7 Å². The van der Waals surface area contributed by atoms with Crippen molar-refractivity contribution in [2.24, 2.45) is 0 Å². The van der Waals surface area contributed by atoms with Gasteiger partial charge in [0.2, 0.25) is 0 Å². The fourth-order valence-corrected chi connectivity index (χ4v) is 2.28. The third-order valence-corrected chi connectivity index (χ3v) is 3.42. The summed E-state index contributed by atoms with van der Waals surface area (Å²) in [5.41, 5.74) is 0.491. The first kappa shape index (κ1) is 20.0. The van der Waals surface area contributed by atoms with Gasteiger partial charge in [-0.05, 0) is 45.2 Å². The number of hydrogen-bond acceptors (Lipinski definition) is 5. The lowest BCUT2D eigenvalue weighted by Crippen LogP contribution is -2.23. The fourth-order valence-electron chi connectivity index (χ4n) is 2.28. The van der Waals surface area contributed by atoms with Crippen molar-refractivity contribution in [3.05, 3.63) is 23.8 Å². The first-order valence-corrected chi connectivity index (χ1v) is 8.19. The molecule has 0 bridgehead atoms. The molecule has 0 aliphatic heterocycles. The standard InChI is InChI=1S/C19H28O5/c1-19(2,3)24-18(21)8-6-7-15(20)11-9-14-10-12-16(22-4)13-17(14)23-5/h10,12-13H,6-9,11H2,1-5H3. The molecule has 24 heavy (non-hydrogen) atoms. The molecule has 0 spiro atoms. The molecule has 0 amide bonds. The summed E-state index contributed by atoms with van der Waals surface area (Å²) < 4.78 is 15.7. The average molecular weight is 336 g/mol. The van der Waals surface area contributed by atoms with E-state index in [1.165, 1.54) is 0 Å². The number of ether oxygens (including phenoxy) is 3. The Labute approximate surface area is 144 Å². The first-order valence-electron chi connectivity index (χ1n) is 8.19. The Hall–Kier alpha value is -2.04. The molecule has 0 radical (unpaired) electrons. The van der Waals surface area contributed by atoms with E-state index in [1.807, 2.05) is 39.0 Å². The Kier molecular flexibility index (Phi) is 7.75. The highest BCUT2D eigenvalue weighted by Crippen LogP contribution is 2.25. The minimum absolute atomic E-state index is 0.136. The lowest BCUT2D eigenvalue weighted by Gasteiger charge is -2.19. The molecular formula is C19H28O5. The lowest BCUT2D eigenvalue weighted by atomic mass is 10.0. The molecule has 0 heterocycles. The van der Waals surface area contributed by atoms with Crippen LogP contribution in [0.3, 0.4) is 0 Å². The first-order chi connectivity index (χ1) is 11.2. The molecule has 134 valence electrons. The van der Waals surface area contributed by atoms with Crippen LogP contribution in [0.15, 0.2) is 18.2 Å². The number of Topliss-reactive ketones (excluding diaryl/α,β-unsaturated/α-hetero) is 1. The summed E-state index contributed by atoms with van der Waals surface area (Å²) in [6.45, 7) is 5.49. The molecule has 0 aromatic heterocycles. The van der Waals surface area contributed by atoms with Gasteiger partial charge in [-0.15, -0.1) is 0 Å². The van der Waals surface area contributed by atoms with Crippen LogP contribution in [0.5, 0.6) is 11.5 Å². The van der Waals surface area contributed by atoms with E-state index in [4.69, 9.17) is 14.2 Å². The van der Waals surface area contributed by atoms with Crippen LogP contribution in [0.2, 0.25) is 0 Å². The van der Waals surface area contributed by atoms with E-state index >= 15 is 0 Å². The zero-order valence-corrected chi connectivity index (χ0v) is 15.3. The van der Waals surface area contributed by atoms with Gasteiger partial charge in [-0.3, -0.25) is 9.59 Å². The van der Waals surface area contributed by atoms with Crippen molar-refractivity contribution in [2.75, 3.05) is 14.2 Å². The highest BCUT2D eigenvalue weighted by Gasteiger charge is 2.16. The van der Waals surface area contributed by atoms with Gasteiger partial charge in [0.15, 0.2) is 0 Å². The fraction of sp³-hybridized carbons (Fsp3) is 0.579. The third kappa shape index (κ3) is 7.49. The van der Waals surface area contributed by atoms with Gasteiger partial charge in [0, 0.05) is 25.3 Å². The quantitative estimate of drug-likeness (QED) is 0.643. The molecule has 0 unspecified atom stereocenters. The molecule has 0 saturated carbocycles.